The molecule has 0 bridgehead atoms. The number of rotatable bonds is 5. The van der Waals surface area contributed by atoms with Gasteiger partial charge in [0, 0.05) is 34.9 Å². The van der Waals surface area contributed by atoms with Gasteiger partial charge in [-0.25, -0.2) is 0 Å². The Morgan fingerprint density at radius 3 is 2.83 bits per heavy atom. The molecule has 0 amide bonds. The highest BCUT2D eigenvalue weighted by Gasteiger charge is 2.20. The number of likely N-dealkylation sites (tertiary alicyclic amines) is 1. The quantitative estimate of drug-likeness (QED) is 0.880. The molecule has 0 aliphatic carbocycles. The van der Waals surface area contributed by atoms with E-state index >= 15 is 0 Å². The Hall–Kier alpha value is -0.380. The van der Waals surface area contributed by atoms with Crippen LogP contribution in [-0.2, 0) is 13.0 Å². The highest BCUT2D eigenvalue weighted by Crippen LogP contribution is 2.21. The van der Waals surface area contributed by atoms with E-state index in [4.69, 9.17) is 0 Å². The molecule has 0 spiro atoms. The van der Waals surface area contributed by atoms with Crippen LogP contribution in [-0.4, -0.2) is 30.1 Å². The monoisotopic (exact) mass is 266 g/mol. The average Bonchev–Trinajstić information content (AvgIpc) is 2.76. The van der Waals surface area contributed by atoms with E-state index in [1.165, 1.54) is 42.1 Å². The third-order valence-corrected chi connectivity index (χ3v) is 4.73. The normalized spacial score (nSPS) is 21.7. The number of piperidine rings is 1. The molecular formula is C15H26N2S. The molecule has 1 aromatic heterocycles. The molecule has 1 aliphatic rings. The highest BCUT2D eigenvalue weighted by atomic mass is 32.1. The van der Waals surface area contributed by atoms with Crippen LogP contribution in [0, 0.1) is 0 Å². The van der Waals surface area contributed by atoms with Gasteiger partial charge in [0.25, 0.3) is 0 Å². The third kappa shape index (κ3) is 4.08. The predicted octanol–water partition coefficient (Wildman–Crippen LogP) is 3.27. The van der Waals surface area contributed by atoms with E-state index in [9.17, 15) is 0 Å². The van der Waals surface area contributed by atoms with Crippen LogP contribution in [0.4, 0.5) is 0 Å². The summed E-state index contributed by atoms with van der Waals surface area (Å²) in [5, 5.41) is 3.68. The van der Waals surface area contributed by atoms with Gasteiger partial charge in [-0.1, -0.05) is 20.8 Å². The molecule has 1 N–H and O–H groups in total. The van der Waals surface area contributed by atoms with Crippen molar-refractivity contribution < 1.29 is 0 Å². The van der Waals surface area contributed by atoms with Crippen molar-refractivity contribution in [2.24, 2.45) is 0 Å². The molecule has 1 unspecified atom stereocenters. The predicted molar refractivity (Wildman–Crippen MR) is 80.3 cm³/mol. The zero-order valence-corrected chi connectivity index (χ0v) is 12.7. The minimum atomic E-state index is 0.600. The molecule has 0 aromatic carbocycles. The molecule has 1 atom stereocenters. The lowest BCUT2D eigenvalue weighted by Crippen LogP contribution is -2.47. The lowest BCUT2D eigenvalue weighted by Gasteiger charge is -2.34. The van der Waals surface area contributed by atoms with Gasteiger partial charge in [0.05, 0.1) is 0 Å². The number of nitrogens with zero attached hydrogens (tertiary/aromatic N) is 1. The van der Waals surface area contributed by atoms with Crippen molar-refractivity contribution in [2.45, 2.75) is 58.7 Å². The molecule has 3 heteroatoms. The Morgan fingerprint density at radius 2 is 2.17 bits per heavy atom. The molecule has 1 aliphatic heterocycles. The largest absolute Gasteiger partial charge is 0.311 e. The van der Waals surface area contributed by atoms with E-state index in [1.54, 1.807) is 0 Å². The third-order valence-electron chi connectivity index (χ3n) is 3.52. The number of nitrogens with one attached hydrogen (secondary N) is 1. The van der Waals surface area contributed by atoms with Gasteiger partial charge in [0.1, 0.15) is 0 Å². The Bertz CT molecular complexity index is 359. The number of hydrogen-bond donors (Lipinski definition) is 1. The summed E-state index contributed by atoms with van der Waals surface area (Å²) in [6, 6.07) is 5.88. The van der Waals surface area contributed by atoms with Gasteiger partial charge < -0.3 is 5.32 Å². The fraction of sp³-hybridized carbons (Fsp3) is 0.733. The SMILES string of the molecule is CCc1ccc(CN2CCCC(NC(C)C)C2)s1. The van der Waals surface area contributed by atoms with Crippen LogP contribution in [0.15, 0.2) is 12.1 Å². The molecule has 2 heterocycles. The lowest BCUT2D eigenvalue weighted by atomic mass is 10.0. The Balaban J connectivity index is 1.85. The van der Waals surface area contributed by atoms with Gasteiger partial charge in [-0.2, -0.15) is 0 Å². The second-order valence-corrected chi connectivity index (χ2v) is 6.87. The molecular weight excluding hydrogens is 240 g/mol. The summed E-state index contributed by atoms with van der Waals surface area (Å²) in [7, 11) is 0. The van der Waals surface area contributed by atoms with Gasteiger partial charge in [-0.15, -0.1) is 11.3 Å². The Morgan fingerprint density at radius 1 is 1.39 bits per heavy atom. The van der Waals surface area contributed by atoms with Crippen LogP contribution in [0.2, 0.25) is 0 Å². The highest BCUT2D eigenvalue weighted by molar-refractivity contribution is 7.11. The molecule has 1 aromatic rings. The van der Waals surface area contributed by atoms with Crippen LogP contribution in [0.5, 0.6) is 0 Å². The maximum Gasteiger partial charge on any atom is 0.0328 e. The second kappa shape index (κ2) is 6.69. The topological polar surface area (TPSA) is 15.3 Å². The average molecular weight is 266 g/mol. The summed E-state index contributed by atoms with van der Waals surface area (Å²) in [4.78, 5) is 5.64. The standard InChI is InChI=1S/C15H26N2S/c1-4-14-7-8-15(18-14)11-17-9-5-6-13(10-17)16-12(2)3/h7-8,12-13,16H,4-6,9-11H2,1-3H3. The first kappa shape index (κ1) is 14.0. The van der Waals surface area contributed by atoms with E-state index in [0.29, 0.717) is 12.1 Å². The zero-order valence-electron chi connectivity index (χ0n) is 11.9. The molecule has 18 heavy (non-hydrogen) atoms. The zero-order chi connectivity index (χ0) is 13.0. The molecule has 0 saturated carbocycles. The smallest absolute Gasteiger partial charge is 0.0328 e. The summed E-state index contributed by atoms with van der Waals surface area (Å²) in [5.41, 5.74) is 0. The summed E-state index contributed by atoms with van der Waals surface area (Å²) in [5.74, 6) is 0. The van der Waals surface area contributed by atoms with Crippen molar-refractivity contribution in [3.8, 4) is 0 Å². The summed E-state index contributed by atoms with van der Waals surface area (Å²) >= 11 is 1.98. The minimum Gasteiger partial charge on any atom is -0.311 e. The summed E-state index contributed by atoms with van der Waals surface area (Å²) in [6.07, 6.45) is 3.83. The molecule has 1 saturated heterocycles. The molecule has 1 fully saturated rings. The van der Waals surface area contributed by atoms with Gasteiger partial charge in [0.2, 0.25) is 0 Å². The second-order valence-electron chi connectivity index (χ2n) is 5.62. The maximum absolute atomic E-state index is 3.68. The summed E-state index contributed by atoms with van der Waals surface area (Å²) < 4.78 is 0. The fourth-order valence-electron chi connectivity index (χ4n) is 2.72. The Kier molecular flexibility index (Phi) is 5.22. The van der Waals surface area contributed by atoms with Crippen molar-refractivity contribution in [3.05, 3.63) is 21.9 Å². The van der Waals surface area contributed by atoms with Gasteiger partial charge in [0.15, 0.2) is 0 Å². The van der Waals surface area contributed by atoms with Crippen LogP contribution < -0.4 is 5.32 Å². The van der Waals surface area contributed by atoms with Crippen LogP contribution in [0.1, 0.15) is 43.4 Å². The molecule has 102 valence electrons. The van der Waals surface area contributed by atoms with Crippen molar-refractivity contribution in [1.29, 1.82) is 0 Å². The molecule has 2 rings (SSSR count). The lowest BCUT2D eigenvalue weighted by molar-refractivity contribution is 0.180. The van der Waals surface area contributed by atoms with Crippen LogP contribution in [0.25, 0.3) is 0 Å². The van der Waals surface area contributed by atoms with Crippen molar-refractivity contribution in [2.75, 3.05) is 13.1 Å². The van der Waals surface area contributed by atoms with E-state index in [1.807, 2.05) is 11.3 Å². The van der Waals surface area contributed by atoms with Crippen LogP contribution in [0.3, 0.4) is 0 Å². The van der Waals surface area contributed by atoms with Gasteiger partial charge >= 0.3 is 0 Å². The molecule has 0 radical (unpaired) electrons. The van der Waals surface area contributed by atoms with E-state index in [-0.39, 0.29) is 0 Å². The number of aryl methyl sites for hydroxylation is 1. The van der Waals surface area contributed by atoms with E-state index in [0.717, 1.165) is 6.54 Å². The first-order valence-corrected chi connectivity index (χ1v) is 8.05. The van der Waals surface area contributed by atoms with E-state index < -0.39 is 0 Å². The molecule has 2 nitrogen and oxygen atoms in total. The van der Waals surface area contributed by atoms with E-state index in [2.05, 4.69) is 43.1 Å². The number of hydrogen-bond acceptors (Lipinski definition) is 3. The van der Waals surface area contributed by atoms with Gasteiger partial charge in [-0.05, 0) is 37.9 Å². The van der Waals surface area contributed by atoms with Crippen molar-refractivity contribution in [1.82, 2.24) is 10.2 Å². The fourth-order valence-corrected chi connectivity index (χ4v) is 3.72. The van der Waals surface area contributed by atoms with Crippen molar-refractivity contribution in [3.63, 3.8) is 0 Å². The number of thiophene rings is 1. The maximum atomic E-state index is 3.68. The van der Waals surface area contributed by atoms with Crippen molar-refractivity contribution >= 4 is 11.3 Å². The van der Waals surface area contributed by atoms with Crippen LogP contribution >= 0.6 is 11.3 Å². The first-order chi connectivity index (χ1) is 8.67. The Labute approximate surface area is 115 Å². The first-order valence-electron chi connectivity index (χ1n) is 7.23. The summed E-state index contributed by atoms with van der Waals surface area (Å²) in [6.45, 7) is 10.3. The van der Waals surface area contributed by atoms with Gasteiger partial charge in [-0.3, -0.25) is 4.90 Å². The minimum absolute atomic E-state index is 0.600.